The van der Waals surface area contributed by atoms with Crippen LogP contribution in [-0.4, -0.2) is 18.9 Å². The molecule has 120 valence electrons. The van der Waals surface area contributed by atoms with Crippen LogP contribution < -0.4 is 10.6 Å². The quantitative estimate of drug-likeness (QED) is 0.838. The van der Waals surface area contributed by atoms with Crippen molar-refractivity contribution < 1.29 is 4.79 Å². The Hall–Kier alpha value is -1.84. The summed E-state index contributed by atoms with van der Waals surface area (Å²) in [6.07, 6.45) is 2.01. The van der Waals surface area contributed by atoms with Crippen molar-refractivity contribution in [2.24, 2.45) is 0 Å². The fourth-order valence-electron chi connectivity index (χ4n) is 3.03. The third-order valence-corrected chi connectivity index (χ3v) is 4.60. The number of fused-ring (bicyclic) bond motifs is 1. The fraction of sp³-hybridized carbons (Fsp3) is 0.316. The summed E-state index contributed by atoms with van der Waals surface area (Å²) < 4.78 is 0. The van der Waals surface area contributed by atoms with Crippen LogP contribution in [0.1, 0.15) is 34.0 Å². The van der Waals surface area contributed by atoms with E-state index in [4.69, 9.17) is 11.6 Å². The van der Waals surface area contributed by atoms with Gasteiger partial charge in [-0.3, -0.25) is 4.79 Å². The average molecular weight is 329 g/mol. The molecule has 1 aliphatic heterocycles. The molecule has 1 aliphatic rings. The molecule has 0 aliphatic carbocycles. The Bertz CT molecular complexity index is 727. The highest BCUT2D eigenvalue weighted by Crippen LogP contribution is 2.31. The molecule has 2 aromatic rings. The van der Waals surface area contributed by atoms with Crippen molar-refractivity contribution in [3.05, 3.63) is 63.7 Å². The van der Waals surface area contributed by atoms with Gasteiger partial charge in [0.05, 0.1) is 10.7 Å². The highest BCUT2D eigenvalue weighted by molar-refractivity contribution is 6.33. The predicted molar refractivity (Wildman–Crippen MR) is 95.5 cm³/mol. The Morgan fingerprint density at radius 2 is 2.04 bits per heavy atom. The molecule has 0 bridgehead atoms. The van der Waals surface area contributed by atoms with Crippen molar-refractivity contribution >= 4 is 23.1 Å². The second-order valence-corrected chi connectivity index (χ2v) is 6.33. The average Bonchev–Trinajstić information content (AvgIpc) is 2.79. The standard InChI is InChI=1S/C19H21ClN2O/c1-13(23)16-4-2-3-14(11-16)12-22-19-17-8-10-21-9-7-15(17)5-6-18(19)20/h2-6,11,21-22H,7-10,12H2,1H3. The van der Waals surface area contributed by atoms with Gasteiger partial charge in [-0.2, -0.15) is 0 Å². The molecule has 0 saturated heterocycles. The van der Waals surface area contributed by atoms with Crippen molar-refractivity contribution in [2.75, 3.05) is 18.4 Å². The minimum Gasteiger partial charge on any atom is -0.380 e. The van der Waals surface area contributed by atoms with Crippen molar-refractivity contribution in [1.82, 2.24) is 5.32 Å². The summed E-state index contributed by atoms with van der Waals surface area (Å²) in [7, 11) is 0. The molecule has 0 amide bonds. The smallest absolute Gasteiger partial charge is 0.159 e. The molecule has 1 heterocycles. The number of benzene rings is 2. The zero-order valence-corrected chi connectivity index (χ0v) is 14.0. The molecule has 0 spiro atoms. The minimum atomic E-state index is 0.0875. The summed E-state index contributed by atoms with van der Waals surface area (Å²) >= 11 is 6.43. The third kappa shape index (κ3) is 3.74. The van der Waals surface area contributed by atoms with Crippen LogP contribution in [0.5, 0.6) is 0 Å². The second-order valence-electron chi connectivity index (χ2n) is 5.92. The topological polar surface area (TPSA) is 41.1 Å². The molecule has 0 unspecified atom stereocenters. The van der Waals surface area contributed by atoms with E-state index in [0.29, 0.717) is 6.54 Å². The molecule has 23 heavy (non-hydrogen) atoms. The summed E-state index contributed by atoms with van der Waals surface area (Å²) in [5.41, 5.74) is 5.52. The minimum absolute atomic E-state index is 0.0875. The zero-order chi connectivity index (χ0) is 16.2. The van der Waals surface area contributed by atoms with Crippen LogP contribution in [0.2, 0.25) is 5.02 Å². The summed E-state index contributed by atoms with van der Waals surface area (Å²) in [6.45, 7) is 4.23. The first-order valence-electron chi connectivity index (χ1n) is 8.00. The highest BCUT2D eigenvalue weighted by atomic mass is 35.5. The van der Waals surface area contributed by atoms with Crippen LogP contribution in [0.4, 0.5) is 5.69 Å². The first-order chi connectivity index (χ1) is 11.1. The number of Topliss-reactive ketones (excluding diaryl/α,β-unsaturated/α-hetero) is 1. The number of ketones is 1. The maximum atomic E-state index is 11.5. The Kier molecular flexibility index (Phi) is 4.99. The van der Waals surface area contributed by atoms with Gasteiger partial charge in [0.25, 0.3) is 0 Å². The van der Waals surface area contributed by atoms with E-state index < -0.39 is 0 Å². The molecule has 0 saturated carbocycles. The largest absolute Gasteiger partial charge is 0.380 e. The molecule has 4 heteroatoms. The first-order valence-corrected chi connectivity index (χ1v) is 8.37. The van der Waals surface area contributed by atoms with Gasteiger partial charge in [-0.15, -0.1) is 0 Å². The summed E-state index contributed by atoms with van der Waals surface area (Å²) in [5, 5.41) is 7.66. The lowest BCUT2D eigenvalue weighted by Crippen LogP contribution is -2.16. The van der Waals surface area contributed by atoms with Crippen LogP contribution in [0, 0.1) is 0 Å². The summed E-state index contributed by atoms with van der Waals surface area (Å²) in [4.78, 5) is 11.5. The van der Waals surface area contributed by atoms with Gasteiger partial charge in [-0.25, -0.2) is 0 Å². The van der Waals surface area contributed by atoms with Crippen LogP contribution in [0.3, 0.4) is 0 Å². The molecule has 2 N–H and O–H groups in total. The number of hydrogen-bond acceptors (Lipinski definition) is 3. The Balaban J connectivity index is 1.83. The summed E-state index contributed by atoms with van der Waals surface area (Å²) in [5.74, 6) is 0.0875. The van der Waals surface area contributed by atoms with E-state index in [0.717, 1.165) is 47.8 Å². The highest BCUT2D eigenvalue weighted by Gasteiger charge is 2.14. The third-order valence-electron chi connectivity index (χ3n) is 4.28. The Labute approximate surface area is 142 Å². The number of carbonyl (C=O) groups is 1. The monoisotopic (exact) mass is 328 g/mol. The lowest BCUT2D eigenvalue weighted by Gasteiger charge is -2.16. The first kappa shape index (κ1) is 16.0. The van der Waals surface area contributed by atoms with Gasteiger partial charge in [-0.05, 0) is 61.7 Å². The summed E-state index contributed by atoms with van der Waals surface area (Å²) in [6, 6.07) is 11.8. The molecule has 0 atom stereocenters. The molecule has 2 aromatic carbocycles. The molecule has 0 fully saturated rings. The van der Waals surface area contributed by atoms with Gasteiger partial charge in [0.2, 0.25) is 0 Å². The molecule has 3 nitrogen and oxygen atoms in total. The molecule has 0 radical (unpaired) electrons. The van der Waals surface area contributed by atoms with Crippen LogP contribution >= 0.6 is 11.6 Å². The van der Waals surface area contributed by atoms with Gasteiger partial charge in [0, 0.05) is 12.1 Å². The normalized spacial score (nSPS) is 14.0. The van der Waals surface area contributed by atoms with Gasteiger partial charge in [0.1, 0.15) is 0 Å². The van der Waals surface area contributed by atoms with Crippen molar-refractivity contribution in [2.45, 2.75) is 26.3 Å². The van der Waals surface area contributed by atoms with Gasteiger partial charge >= 0.3 is 0 Å². The van der Waals surface area contributed by atoms with E-state index in [1.54, 1.807) is 6.92 Å². The van der Waals surface area contributed by atoms with Gasteiger partial charge in [0.15, 0.2) is 5.78 Å². The van der Waals surface area contributed by atoms with E-state index in [1.807, 2.05) is 30.3 Å². The maximum absolute atomic E-state index is 11.5. The lowest BCUT2D eigenvalue weighted by atomic mass is 10.0. The number of carbonyl (C=O) groups excluding carboxylic acids is 1. The van der Waals surface area contributed by atoms with E-state index in [9.17, 15) is 4.79 Å². The Morgan fingerprint density at radius 3 is 2.87 bits per heavy atom. The number of anilines is 1. The van der Waals surface area contributed by atoms with Crippen molar-refractivity contribution in [1.29, 1.82) is 0 Å². The Morgan fingerprint density at radius 1 is 1.22 bits per heavy atom. The maximum Gasteiger partial charge on any atom is 0.159 e. The number of rotatable bonds is 4. The lowest BCUT2D eigenvalue weighted by molar-refractivity contribution is 0.101. The molecular weight excluding hydrogens is 308 g/mol. The zero-order valence-electron chi connectivity index (χ0n) is 13.3. The van der Waals surface area contributed by atoms with Crippen molar-refractivity contribution in [3.63, 3.8) is 0 Å². The SMILES string of the molecule is CC(=O)c1cccc(CNc2c(Cl)ccc3c2CCNCC3)c1. The number of nitrogens with one attached hydrogen (secondary N) is 2. The molecule has 3 rings (SSSR count). The number of hydrogen-bond donors (Lipinski definition) is 2. The van der Waals surface area contributed by atoms with Gasteiger partial charge < -0.3 is 10.6 Å². The van der Waals surface area contributed by atoms with E-state index in [2.05, 4.69) is 16.7 Å². The predicted octanol–water partition coefficient (Wildman–Crippen LogP) is 3.84. The fourth-order valence-corrected chi connectivity index (χ4v) is 3.27. The van der Waals surface area contributed by atoms with E-state index in [1.165, 1.54) is 11.1 Å². The van der Waals surface area contributed by atoms with Crippen molar-refractivity contribution in [3.8, 4) is 0 Å². The second kappa shape index (κ2) is 7.16. The number of halogens is 1. The van der Waals surface area contributed by atoms with E-state index >= 15 is 0 Å². The van der Waals surface area contributed by atoms with E-state index in [-0.39, 0.29) is 5.78 Å². The van der Waals surface area contributed by atoms with Crippen LogP contribution in [0.15, 0.2) is 36.4 Å². The van der Waals surface area contributed by atoms with Crippen LogP contribution in [0.25, 0.3) is 0 Å². The van der Waals surface area contributed by atoms with Gasteiger partial charge in [-0.1, -0.05) is 35.9 Å². The molecule has 0 aromatic heterocycles. The van der Waals surface area contributed by atoms with Crippen LogP contribution in [-0.2, 0) is 19.4 Å². The molecular formula is C19H21ClN2O.